The maximum absolute atomic E-state index is 12.3. The minimum Gasteiger partial charge on any atom is -0.508 e. The van der Waals surface area contributed by atoms with E-state index in [-0.39, 0.29) is 11.7 Å². The number of phenolic OH excluding ortho intramolecular Hbond substituents is 1. The number of aromatic hydroxyl groups is 1. The summed E-state index contributed by atoms with van der Waals surface area (Å²) >= 11 is 0. The molecule has 2 aliphatic rings. The maximum Gasteiger partial charge on any atom is 0.258 e. The molecule has 5 nitrogen and oxygen atoms in total. The molecule has 0 saturated carbocycles. The first-order valence-electron chi connectivity index (χ1n) is 8.24. The third-order valence-electron chi connectivity index (χ3n) is 4.78. The van der Waals surface area contributed by atoms with Crippen LogP contribution in [0, 0.1) is 0 Å². The lowest BCUT2D eigenvalue weighted by Gasteiger charge is -2.44. The standard InChI is InChI=1S/C19H20N2O3/c22-15-7-5-14(6-8-15)13-21-11-9-19(10-12-21)20-18(23)16-3-1-2-4-17(16)24-19/h1-8,22H,9-13H2,(H,20,23). The zero-order chi connectivity index (χ0) is 16.6. The third kappa shape index (κ3) is 2.83. The van der Waals surface area contributed by atoms with Gasteiger partial charge in [-0.25, -0.2) is 0 Å². The van der Waals surface area contributed by atoms with Gasteiger partial charge in [0.05, 0.1) is 5.56 Å². The van der Waals surface area contributed by atoms with E-state index in [0.29, 0.717) is 11.3 Å². The molecule has 0 aliphatic carbocycles. The molecule has 0 unspecified atom stereocenters. The number of hydrogen-bond donors (Lipinski definition) is 2. The summed E-state index contributed by atoms with van der Waals surface area (Å²) in [5, 5.41) is 12.4. The van der Waals surface area contributed by atoms with Gasteiger partial charge in [0.1, 0.15) is 11.5 Å². The van der Waals surface area contributed by atoms with Gasteiger partial charge in [0.25, 0.3) is 5.91 Å². The van der Waals surface area contributed by atoms with Crippen LogP contribution in [0.1, 0.15) is 28.8 Å². The Labute approximate surface area is 140 Å². The molecule has 0 radical (unpaired) electrons. The Morgan fingerprint density at radius 3 is 2.54 bits per heavy atom. The molecule has 1 spiro atoms. The molecule has 4 rings (SSSR count). The molecule has 2 heterocycles. The molecule has 0 atom stereocenters. The molecule has 124 valence electrons. The Morgan fingerprint density at radius 2 is 1.79 bits per heavy atom. The molecule has 1 amide bonds. The Kier molecular flexibility index (Phi) is 3.65. The van der Waals surface area contributed by atoms with Gasteiger partial charge in [-0.3, -0.25) is 9.69 Å². The average Bonchev–Trinajstić information content (AvgIpc) is 2.59. The summed E-state index contributed by atoms with van der Waals surface area (Å²) in [6.07, 6.45) is 1.51. The van der Waals surface area contributed by atoms with Crippen molar-refractivity contribution < 1.29 is 14.6 Å². The van der Waals surface area contributed by atoms with Crippen LogP contribution in [-0.4, -0.2) is 34.7 Å². The summed E-state index contributed by atoms with van der Waals surface area (Å²) in [5.41, 5.74) is 1.19. The Hall–Kier alpha value is -2.53. The van der Waals surface area contributed by atoms with E-state index < -0.39 is 5.72 Å². The topological polar surface area (TPSA) is 61.8 Å². The number of fused-ring (bicyclic) bond motifs is 1. The highest BCUT2D eigenvalue weighted by Crippen LogP contribution is 2.33. The number of piperidine rings is 1. The summed E-state index contributed by atoms with van der Waals surface area (Å²) in [6, 6.07) is 14.7. The Balaban J connectivity index is 1.43. The van der Waals surface area contributed by atoms with E-state index in [1.165, 1.54) is 5.56 Å². The van der Waals surface area contributed by atoms with Crippen molar-refractivity contribution in [3.8, 4) is 11.5 Å². The highest BCUT2D eigenvalue weighted by atomic mass is 16.5. The minimum absolute atomic E-state index is 0.0520. The van der Waals surface area contributed by atoms with Crippen molar-refractivity contribution in [2.45, 2.75) is 25.1 Å². The molecule has 2 N–H and O–H groups in total. The average molecular weight is 324 g/mol. The van der Waals surface area contributed by atoms with E-state index in [9.17, 15) is 9.90 Å². The van der Waals surface area contributed by atoms with Crippen molar-refractivity contribution in [2.24, 2.45) is 0 Å². The van der Waals surface area contributed by atoms with Crippen molar-refractivity contribution >= 4 is 5.91 Å². The van der Waals surface area contributed by atoms with Crippen LogP contribution >= 0.6 is 0 Å². The van der Waals surface area contributed by atoms with E-state index in [2.05, 4.69) is 10.2 Å². The van der Waals surface area contributed by atoms with E-state index >= 15 is 0 Å². The summed E-state index contributed by atoms with van der Waals surface area (Å²) in [5.74, 6) is 0.908. The van der Waals surface area contributed by atoms with Crippen LogP contribution in [0.2, 0.25) is 0 Å². The van der Waals surface area contributed by atoms with Crippen LogP contribution in [0.5, 0.6) is 11.5 Å². The fraction of sp³-hybridized carbons (Fsp3) is 0.316. The first kappa shape index (κ1) is 15.0. The normalized spacial score (nSPS) is 19.4. The number of nitrogens with zero attached hydrogens (tertiary/aromatic N) is 1. The van der Waals surface area contributed by atoms with Gasteiger partial charge in [-0.05, 0) is 29.8 Å². The van der Waals surface area contributed by atoms with E-state index in [1.54, 1.807) is 18.2 Å². The van der Waals surface area contributed by atoms with Crippen molar-refractivity contribution in [1.82, 2.24) is 10.2 Å². The first-order chi connectivity index (χ1) is 11.6. The van der Waals surface area contributed by atoms with Gasteiger partial charge in [-0.2, -0.15) is 0 Å². The van der Waals surface area contributed by atoms with Gasteiger partial charge < -0.3 is 15.2 Å². The van der Waals surface area contributed by atoms with Crippen LogP contribution in [0.4, 0.5) is 0 Å². The predicted octanol–water partition coefficient (Wildman–Crippen LogP) is 2.51. The van der Waals surface area contributed by atoms with E-state index in [0.717, 1.165) is 32.5 Å². The molecular weight excluding hydrogens is 304 g/mol. The third-order valence-corrected chi connectivity index (χ3v) is 4.78. The summed E-state index contributed by atoms with van der Waals surface area (Å²) in [6.45, 7) is 2.54. The molecule has 2 aromatic rings. The molecular formula is C19H20N2O3. The quantitative estimate of drug-likeness (QED) is 0.891. The van der Waals surface area contributed by atoms with Crippen molar-refractivity contribution in [3.63, 3.8) is 0 Å². The fourth-order valence-corrected chi connectivity index (χ4v) is 3.41. The number of likely N-dealkylation sites (tertiary alicyclic amines) is 1. The largest absolute Gasteiger partial charge is 0.508 e. The smallest absolute Gasteiger partial charge is 0.258 e. The number of benzene rings is 2. The molecule has 1 saturated heterocycles. The van der Waals surface area contributed by atoms with Crippen LogP contribution in [0.3, 0.4) is 0 Å². The zero-order valence-electron chi connectivity index (χ0n) is 13.4. The fourth-order valence-electron chi connectivity index (χ4n) is 3.41. The predicted molar refractivity (Wildman–Crippen MR) is 89.9 cm³/mol. The van der Waals surface area contributed by atoms with Crippen molar-refractivity contribution in [2.75, 3.05) is 13.1 Å². The molecule has 5 heteroatoms. The number of para-hydroxylation sites is 1. The number of amides is 1. The lowest BCUT2D eigenvalue weighted by molar-refractivity contribution is -0.0304. The number of nitrogens with one attached hydrogen (secondary N) is 1. The highest BCUT2D eigenvalue weighted by molar-refractivity contribution is 5.98. The zero-order valence-corrected chi connectivity index (χ0v) is 13.4. The van der Waals surface area contributed by atoms with Crippen LogP contribution in [-0.2, 0) is 6.54 Å². The second-order valence-corrected chi connectivity index (χ2v) is 6.49. The van der Waals surface area contributed by atoms with Gasteiger partial charge in [-0.15, -0.1) is 0 Å². The molecule has 1 fully saturated rings. The first-order valence-corrected chi connectivity index (χ1v) is 8.24. The van der Waals surface area contributed by atoms with Crippen LogP contribution < -0.4 is 10.1 Å². The van der Waals surface area contributed by atoms with Gasteiger partial charge in [0.15, 0.2) is 5.72 Å². The Morgan fingerprint density at radius 1 is 1.08 bits per heavy atom. The number of phenols is 1. The monoisotopic (exact) mass is 324 g/mol. The van der Waals surface area contributed by atoms with Crippen molar-refractivity contribution in [3.05, 3.63) is 59.7 Å². The van der Waals surface area contributed by atoms with E-state index in [4.69, 9.17) is 4.74 Å². The molecule has 0 aromatic heterocycles. The Bertz CT molecular complexity index is 749. The van der Waals surface area contributed by atoms with Gasteiger partial charge in [0.2, 0.25) is 0 Å². The highest BCUT2D eigenvalue weighted by Gasteiger charge is 2.42. The van der Waals surface area contributed by atoms with Crippen LogP contribution in [0.25, 0.3) is 0 Å². The van der Waals surface area contributed by atoms with Gasteiger partial charge in [0, 0.05) is 32.5 Å². The maximum atomic E-state index is 12.3. The number of carbonyl (C=O) groups is 1. The van der Waals surface area contributed by atoms with Crippen molar-refractivity contribution in [1.29, 1.82) is 0 Å². The minimum atomic E-state index is -0.586. The molecule has 2 aromatic carbocycles. The second kappa shape index (κ2) is 5.83. The molecule has 2 aliphatic heterocycles. The van der Waals surface area contributed by atoms with E-state index in [1.807, 2.05) is 30.3 Å². The summed E-state index contributed by atoms with van der Waals surface area (Å²) in [7, 11) is 0. The van der Waals surface area contributed by atoms with Crippen LogP contribution in [0.15, 0.2) is 48.5 Å². The lowest BCUT2D eigenvalue weighted by Crippen LogP contribution is -2.60. The molecule has 24 heavy (non-hydrogen) atoms. The molecule has 0 bridgehead atoms. The number of ether oxygens (including phenoxy) is 1. The SMILES string of the molecule is O=C1NC2(CCN(Cc3ccc(O)cc3)CC2)Oc2ccccc21. The summed E-state index contributed by atoms with van der Waals surface area (Å²) in [4.78, 5) is 14.7. The number of rotatable bonds is 2. The second-order valence-electron chi connectivity index (χ2n) is 6.49. The van der Waals surface area contributed by atoms with Gasteiger partial charge >= 0.3 is 0 Å². The summed E-state index contributed by atoms with van der Waals surface area (Å²) < 4.78 is 6.15. The number of carbonyl (C=O) groups excluding carboxylic acids is 1. The van der Waals surface area contributed by atoms with Gasteiger partial charge in [-0.1, -0.05) is 24.3 Å². The lowest BCUT2D eigenvalue weighted by atomic mass is 9.96. The number of hydrogen-bond acceptors (Lipinski definition) is 4.